The summed E-state index contributed by atoms with van der Waals surface area (Å²) < 4.78 is 0. The van der Waals surface area contributed by atoms with Crippen LogP contribution in [0.15, 0.2) is 29.9 Å². The van der Waals surface area contributed by atoms with Crippen LogP contribution in [-0.2, 0) is 12.8 Å². The number of anilines is 1. The van der Waals surface area contributed by atoms with Gasteiger partial charge in [-0.1, -0.05) is 13.0 Å². The van der Waals surface area contributed by atoms with Crippen molar-refractivity contribution in [3.05, 3.63) is 40.5 Å². The van der Waals surface area contributed by atoms with Gasteiger partial charge in [-0.05, 0) is 24.8 Å². The maximum atomic E-state index is 4.24. The van der Waals surface area contributed by atoms with Gasteiger partial charge < -0.3 is 5.32 Å². The van der Waals surface area contributed by atoms with E-state index in [2.05, 4.69) is 46.6 Å². The number of rotatable bonds is 5. The minimum atomic E-state index is 0.383. The minimum absolute atomic E-state index is 0.383. The molecule has 1 atom stereocenters. The Morgan fingerprint density at radius 3 is 3.00 bits per heavy atom. The van der Waals surface area contributed by atoms with Gasteiger partial charge >= 0.3 is 0 Å². The van der Waals surface area contributed by atoms with Gasteiger partial charge in [-0.2, -0.15) is 0 Å². The molecule has 17 heavy (non-hydrogen) atoms. The first kappa shape index (κ1) is 12.0. The molecule has 0 aliphatic heterocycles. The zero-order valence-electron chi connectivity index (χ0n) is 10.2. The molecule has 0 aliphatic rings. The summed E-state index contributed by atoms with van der Waals surface area (Å²) in [5.74, 6) is 0.918. The summed E-state index contributed by atoms with van der Waals surface area (Å²) in [6, 6.07) is 6.66. The Morgan fingerprint density at radius 1 is 1.41 bits per heavy atom. The fraction of sp³-hybridized carbons (Fsp3) is 0.385. The molecule has 1 N–H and O–H groups in total. The summed E-state index contributed by atoms with van der Waals surface area (Å²) in [5, 5.41) is 5.52. The van der Waals surface area contributed by atoms with Crippen LogP contribution < -0.4 is 5.32 Å². The number of aryl methyl sites for hydroxylation is 1. The Bertz CT molecular complexity index is 453. The van der Waals surface area contributed by atoms with E-state index >= 15 is 0 Å². The second-order valence-corrected chi connectivity index (χ2v) is 5.11. The first-order valence-corrected chi connectivity index (χ1v) is 6.75. The van der Waals surface area contributed by atoms with Gasteiger partial charge in [0.2, 0.25) is 0 Å². The molecule has 2 heterocycles. The molecule has 0 saturated heterocycles. The molecule has 90 valence electrons. The summed E-state index contributed by atoms with van der Waals surface area (Å²) in [4.78, 5) is 9.83. The number of thiophene rings is 1. The maximum Gasteiger partial charge on any atom is 0.129 e. The molecule has 4 heteroatoms. The zero-order valence-corrected chi connectivity index (χ0v) is 11.0. The number of hydrogen-bond donors (Lipinski definition) is 1. The van der Waals surface area contributed by atoms with Crippen molar-refractivity contribution in [2.45, 2.75) is 32.7 Å². The lowest BCUT2D eigenvalue weighted by atomic mass is 10.2. The van der Waals surface area contributed by atoms with E-state index in [-0.39, 0.29) is 0 Å². The molecule has 0 radical (unpaired) electrons. The molecule has 2 aromatic rings. The topological polar surface area (TPSA) is 37.8 Å². The molecule has 0 fully saturated rings. The first-order valence-electron chi connectivity index (χ1n) is 5.87. The van der Waals surface area contributed by atoms with E-state index in [9.17, 15) is 0 Å². The van der Waals surface area contributed by atoms with Crippen LogP contribution >= 0.6 is 11.3 Å². The van der Waals surface area contributed by atoms with Crippen molar-refractivity contribution < 1.29 is 0 Å². The first-order chi connectivity index (χ1) is 8.28. The second kappa shape index (κ2) is 5.77. The molecule has 0 aliphatic carbocycles. The van der Waals surface area contributed by atoms with E-state index in [0.29, 0.717) is 6.04 Å². The van der Waals surface area contributed by atoms with Gasteiger partial charge in [0.1, 0.15) is 12.1 Å². The van der Waals surface area contributed by atoms with E-state index in [1.165, 1.54) is 4.88 Å². The standard InChI is InChI=1S/C13H17N3S/c1-3-11-8-13(15-9-14-11)16-10(2)7-12-5-4-6-17-12/h4-6,8-10H,3,7H2,1-2H3,(H,14,15,16). The lowest BCUT2D eigenvalue weighted by Gasteiger charge is -2.13. The third kappa shape index (κ3) is 3.53. The predicted molar refractivity (Wildman–Crippen MR) is 72.5 cm³/mol. The highest BCUT2D eigenvalue weighted by Crippen LogP contribution is 2.13. The summed E-state index contributed by atoms with van der Waals surface area (Å²) in [5.41, 5.74) is 1.07. The van der Waals surface area contributed by atoms with Gasteiger partial charge in [-0.3, -0.25) is 0 Å². The largest absolute Gasteiger partial charge is 0.367 e. The Labute approximate surface area is 106 Å². The molecule has 1 unspecified atom stereocenters. The molecule has 3 nitrogen and oxygen atoms in total. The zero-order chi connectivity index (χ0) is 12.1. The normalized spacial score (nSPS) is 12.4. The molecule has 2 rings (SSSR count). The van der Waals surface area contributed by atoms with E-state index in [1.807, 2.05) is 6.07 Å². The number of aromatic nitrogens is 2. The third-order valence-electron chi connectivity index (χ3n) is 2.57. The van der Waals surface area contributed by atoms with Crippen molar-refractivity contribution in [3.63, 3.8) is 0 Å². The highest BCUT2D eigenvalue weighted by Gasteiger charge is 2.05. The number of nitrogens with one attached hydrogen (secondary N) is 1. The monoisotopic (exact) mass is 247 g/mol. The quantitative estimate of drug-likeness (QED) is 0.882. The molecule has 2 aromatic heterocycles. The van der Waals surface area contributed by atoms with Gasteiger partial charge in [-0.25, -0.2) is 9.97 Å². The van der Waals surface area contributed by atoms with E-state index in [1.54, 1.807) is 17.7 Å². The number of hydrogen-bond acceptors (Lipinski definition) is 4. The van der Waals surface area contributed by atoms with Crippen molar-refractivity contribution in [1.82, 2.24) is 9.97 Å². The van der Waals surface area contributed by atoms with Gasteiger partial charge in [0.15, 0.2) is 0 Å². The van der Waals surface area contributed by atoms with Gasteiger partial charge in [0.05, 0.1) is 0 Å². The van der Waals surface area contributed by atoms with Gasteiger partial charge in [0, 0.05) is 29.1 Å². The Hall–Kier alpha value is -1.42. The highest BCUT2D eigenvalue weighted by atomic mass is 32.1. The molecule has 0 bridgehead atoms. The van der Waals surface area contributed by atoms with Crippen molar-refractivity contribution in [1.29, 1.82) is 0 Å². The smallest absolute Gasteiger partial charge is 0.129 e. The Balaban J connectivity index is 1.95. The fourth-order valence-corrected chi connectivity index (χ4v) is 2.54. The fourth-order valence-electron chi connectivity index (χ4n) is 1.70. The SMILES string of the molecule is CCc1cc(NC(C)Cc2cccs2)ncn1. The Kier molecular flexibility index (Phi) is 4.09. The van der Waals surface area contributed by atoms with Crippen LogP contribution in [0.5, 0.6) is 0 Å². The van der Waals surface area contributed by atoms with E-state index in [4.69, 9.17) is 0 Å². The predicted octanol–water partition coefficient (Wildman–Crippen LogP) is 3.14. The second-order valence-electron chi connectivity index (χ2n) is 4.08. The third-order valence-corrected chi connectivity index (χ3v) is 3.47. The molecule has 0 aromatic carbocycles. The molecule has 0 spiro atoms. The molecular weight excluding hydrogens is 230 g/mol. The van der Waals surface area contributed by atoms with Crippen LogP contribution in [0.2, 0.25) is 0 Å². The van der Waals surface area contributed by atoms with Crippen LogP contribution in [0.3, 0.4) is 0 Å². The summed E-state index contributed by atoms with van der Waals surface area (Å²) in [7, 11) is 0. The van der Waals surface area contributed by atoms with Crippen molar-refractivity contribution >= 4 is 17.2 Å². The average Bonchev–Trinajstić information content (AvgIpc) is 2.82. The van der Waals surface area contributed by atoms with Crippen molar-refractivity contribution in [2.75, 3.05) is 5.32 Å². The summed E-state index contributed by atoms with van der Waals surface area (Å²) in [6.45, 7) is 4.27. The van der Waals surface area contributed by atoms with E-state index in [0.717, 1.165) is 24.4 Å². The van der Waals surface area contributed by atoms with Crippen molar-refractivity contribution in [3.8, 4) is 0 Å². The van der Waals surface area contributed by atoms with E-state index < -0.39 is 0 Å². The summed E-state index contributed by atoms with van der Waals surface area (Å²) >= 11 is 1.80. The van der Waals surface area contributed by atoms with Crippen LogP contribution in [-0.4, -0.2) is 16.0 Å². The lowest BCUT2D eigenvalue weighted by Crippen LogP contribution is -2.18. The van der Waals surface area contributed by atoms with Crippen molar-refractivity contribution in [2.24, 2.45) is 0 Å². The van der Waals surface area contributed by atoms with Crippen LogP contribution in [0.4, 0.5) is 5.82 Å². The molecule has 0 saturated carbocycles. The average molecular weight is 247 g/mol. The summed E-state index contributed by atoms with van der Waals surface area (Å²) in [6.07, 6.45) is 3.60. The molecule has 0 amide bonds. The highest BCUT2D eigenvalue weighted by molar-refractivity contribution is 7.09. The van der Waals surface area contributed by atoms with Crippen LogP contribution in [0, 0.1) is 0 Å². The van der Waals surface area contributed by atoms with Crippen LogP contribution in [0.25, 0.3) is 0 Å². The lowest BCUT2D eigenvalue weighted by molar-refractivity contribution is 0.791. The molecular formula is C13H17N3S. The maximum absolute atomic E-state index is 4.24. The van der Waals surface area contributed by atoms with Crippen LogP contribution in [0.1, 0.15) is 24.4 Å². The Morgan fingerprint density at radius 2 is 2.29 bits per heavy atom. The number of nitrogens with zero attached hydrogens (tertiary/aromatic N) is 2. The minimum Gasteiger partial charge on any atom is -0.367 e. The van der Waals surface area contributed by atoms with Gasteiger partial charge in [-0.15, -0.1) is 11.3 Å². The van der Waals surface area contributed by atoms with Gasteiger partial charge in [0.25, 0.3) is 0 Å².